The van der Waals surface area contributed by atoms with Crippen LogP contribution in [-0.2, 0) is 30.8 Å². The number of carboxylic acid groups (broad SMARTS) is 1. The van der Waals surface area contributed by atoms with Crippen LogP contribution in [0.25, 0.3) is 10.8 Å². The fraction of sp³-hybridized carbons (Fsp3) is 0.379. The van der Waals surface area contributed by atoms with Crippen molar-refractivity contribution in [1.82, 2.24) is 4.31 Å². The summed E-state index contributed by atoms with van der Waals surface area (Å²) in [4.78, 5) is 17.3. The lowest BCUT2D eigenvalue weighted by Gasteiger charge is -2.36. The van der Waals surface area contributed by atoms with Gasteiger partial charge in [0.25, 0.3) is 0 Å². The second-order valence-electron chi connectivity index (χ2n) is 10.6. The maximum atomic E-state index is 12.8. The molecule has 5 unspecified atom stereocenters. The zero-order valence-corrected chi connectivity index (χ0v) is 24.5. The van der Waals surface area contributed by atoms with E-state index in [4.69, 9.17) is 36.0 Å². The third-order valence-corrected chi connectivity index (χ3v) is 9.62. The number of anilines is 1. The van der Waals surface area contributed by atoms with Gasteiger partial charge in [-0.15, -0.1) is 0 Å². The summed E-state index contributed by atoms with van der Waals surface area (Å²) < 4.78 is 36.7. The molecule has 0 radical (unpaired) electrons. The summed E-state index contributed by atoms with van der Waals surface area (Å²) in [6.07, 6.45) is -8.72. The van der Waals surface area contributed by atoms with Crippen molar-refractivity contribution in [3.8, 4) is 0 Å². The quantitative estimate of drug-likeness (QED) is 0.207. The van der Waals surface area contributed by atoms with Crippen LogP contribution < -0.4 is 10.6 Å². The van der Waals surface area contributed by atoms with Gasteiger partial charge in [-0.05, 0) is 29.8 Å². The number of hydrogen-bond donors (Lipinski definition) is 6. The molecule has 0 aromatic heterocycles. The number of carboxylic acids is 1. The molecule has 2 fully saturated rings. The average Bonchev–Trinajstić information content (AvgIpc) is 3.35. The van der Waals surface area contributed by atoms with E-state index in [1.165, 1.54) is 4.31 Å². The van der Waals surface area contributed by atoms with Crippen molar-refractivity contribution in [3.05, 3.63) is 65.7 Å². The number of ether oxygens (including phenoxy) is 2. The van der Waals surface area contributed by atoms with Crippen LogP contribution in [0.3, 0.4) is 0 Å². The molecule has 3 aromatic rings. The first-order valence-corrected chi connectivity index (χ1v) is 15.2. The Labute approximate surface area is 253 Å². The highest BCUT2D eigenvalue weighted by atomic mass is 32.2. The van der Waals surface area contributed by atoms with E-state index >= 15 is 0 Å². The van der Waals surface area contributed by atoms with Crippen LogP contribution in [0.2, 0.25) is 0 Å². The summed E-state index contributed by atoms with van der Waals surface area (Å²) in [6.45, 7) is 2.31. The normalized spacial score (nSPS) is 25.2. The fourth-order valence-electron chi connectivity index (χ4n) is 5.33. The number of nitrogens with zero attached hydrogens (tertiary/aromatic N) is 3. The summed E-state index contributed by atoms with van der Waals surface area (Å²) in [7, 11) is -1.45. The van der Waals surface area contributed by atoms with Crippen molar-refractivity contribution < 1.29 is 48.2 Å². The molecule has 236 valence electrons. The number of benzene rings is 3. The van der Waals surface area contributed by atoms with Crippen molar-refractivity contribution in [3.63, 3.8) is 0 Å². The number of carbonyl (C=O) groups is 1. The number of sulfonamides is 1. The minimum atomic E-state index is -3.48. The van der Waals surface area contributed by atoms with E-state index in [1.807, 2.05) is 37.4 Å². The summed E-state index contributed by atoms with van der Waals surface area (Å²) in [6, 6.07) is 17.3. The lowest BCUT2D eigenvalue weighted by molar-refractivity contribution is -0.279. The van der Waals surface area contributed by atoms with Crippen LogP contribution in [0.4, 0.5) is 11.4 Å². The van der Waals surface area contributed by atoms with E-state index in [9.17, 15) is 13.2 Å². The second-order valence-corrected chi connectivity index (χ2v) is 12.5. The number of aliphatic imine (C=N–C) groups is 1. The van der Waals surface area contributed by atoms with Gasteiger partial charge in [-0.1, -0.05) is 30.3 Å². The van der Waals surface area contributed by atoms with E-state index in [0.717, 1.165) is 33.3 Å². The first kappa shape index (κ1) is 31.7. The number of aliphatic hydroxyl groups excluding tert-OH is 4. The molecule has 3 aliphatic rings. The van der Waals surface area contributed by atoms with Gasteiger partial charge < -0.3 is 45.6 Å². The molecule has 44 heavy (non-hydrogen) atoms. The molecule has 7 N–H and O–H groups in total. The highest BCUT2D eigenvalue weighted by molar-refractivity contribution is 7.89. The molecule has 3 heterocycles. The predicted molar refractivity (Wildman–Crippen MR) is 159 cm³/mol. The standard InChI is InChI=1S/C23H24N4O3S.C6H10O7/c1-26(21-10-9-20-22-18(21)3-2-4-19(22)23(24)25-20)15-16-5-7-17(8-6-16)31(28,29)27-11-13-30-14-12-27;7-1-2(8)4(5(10)11)13-6(12)3(1)9/h2-10H,11-15H2,1H3,(H2,24,25);1-4,6-9,12H,(H,10,11). The van der Waals surface area contributed by atoms with E-state index in [2.05, 4.69) is 26.8 Å². The van der Waals surface area contributed by atoms with Gasteiger partial charge in [-0.25, -0.2) is 18.2 Å². The number of nitrogens with two attached hydrogens (primary N) is 1. The molecule has 6 rings (SSSR count). The number of amidine groups is 1. The smallest absolute Gasteiger partial charge is 0.335 e. The Hall–Kier alpha value is -3.67. The molecule has 0 amide bonds. The van der Waals surface area contributed by atoms with Crippen LogP contribution in [0.5, 0.6) is 0 Å². The van der Waals surface area contributed by atoms with E-state index in [0.29, 0.717) is 43.6 Å². The monoisotopic (exact) mass is 630 g/mol. The first-order chi connectivity index (χ1) is 20.9. The van der Waals surface area contributed by atoms with Crippen molar-refractivity contribution in [2.75, 3.05) is 38.3 Å². The molecule has 0 bridgehead atoms. The summed E-state index contributed by atoms with van der Waals surface area (Å²) in [5.74, 6) is -0.963. The SMILES string of the molecule is CN(Cc1ccc(S(=O)(=O)N2CCOCC2)cc1)c1ccc2c3c(cccc13)C(N)=N2.O=C(O)C1OC(O)C(O)C(O)C1O. The molecule has 2 saturated heterocycles. The molecule has 0 spiro atoms. The Bertz CT molecular complexity index is 1660. The maximum absolute atomic E-state index is 12.8. The fourth-order valence-corrected chi connectivity index (χ4v) is 6.74. The minimum absolute atomic E-state index is 0.318. The van der Waals surface area contributed by atoms with Crippen LogP contribution >= 0.6 is 0 Å². The molecule has 14 nitrogen and oxygen atoms in total. The van der Waals surface area contributed by atoms with Crippen molar-refractivity contribution in [2.24, 2.45) is 10.7 Å². The average molecular weight is 631 g/mol. The van der Waals surface area contributed by atoms with Crippen molar-refractivity contribution >= 4 is 44.0 Å². The van der Waals surface area contributed by atoms with Gasteiger partial charge in [0, 0.05) is 48.7 Å². The number of morpholine rings is 1. The third kappa shape index (κ3) is 6.13. The summed E-state index contributed by atoms with van der Waals surface area (Å²) in [5.41, 5.74) is 10.1. The number of hydrogen-bond acceptors (Lipinski definition) is 12. The largest absolute Gasteiger partial charge is 0.479 e. The minimum Gasteiger partial charge on any atom is -0.479 e. The molecule has 15 heteroatoms. The highest BCUT2D eigenvalue weighted by Gasteiger charge is 2.46. The molecule has 5 atom stereocenters. The number of aliphatic hydroxyl groups is 4. The number of rotatable bonds is 6. The Balaban J connectivity index is 0.000000249. The zero-order valence-electron chi connectivity index (χ0n) is 23.7. The topological polar surface area (TPSA) is 216 Å². The van der Waals surface area contributed by atoms with Crippen LogP contribution in [0.15, 0.2) is 64.5 Å². The second kappa shape index (κ2) is 12.7. The first-order valence-electron chi connectivity index (χ1n) is 13.8. The van der Waals surface area contributed by atoms with Crippen LogP contribution in [0.1, 0.15) is 11.1 Å². The Morgan fingerprint density at radius 3 is 2.34 bits per heavy atom. The van der Waals surface area contributed by atoms with E-state index in [-0.39, 0.29) is 0 Å². The van der Waals surface area contributed by atoms with Gasteiger partial charge in [-0.3, -0.25) is 0 Å². The molecular weight excluding hydrogens is 596 g/mol. The van der Waals surface area contributed by atoms with Crippen LogP contribution in [-0.4, -0.2) is 114 Å². The molecular formula is C29H34N4O10S. The zero-order chi connectivity index (χ0) is 31.8. The van der Waals surface area contributed by atoms with Gasteiger partial charge in [0.2, 0.25) is 10.0 Å². The van der Waals surface area contributed by atoms with Crippen LogP contribution in [0, 0.1) is 0 Å². The number of aliphatic carboxylic acids is 1. The lowest BCUT2D eigenvalue weighted by atomic mass is 9.99. The van der Waals surface area contributed by atoms with Gasteiger partial charge in [0.15, 0.2) is 12.4 Å². The molecule has 3 aliphatic heterocycles. The Kier molecular flexibility index (Phi) is 9.20. The summed E-state index contributed by atoms with van der Waals surface area (Å²) >= 11 is 0. The third-order valence-electron chi connectivity index (χ3n) is 7.71. The molecule has 0 saturated carbocycles. The van der Waals surface area contributed by atoms with E-state index < -0.39 is 46.7 Å². The van der Waals surface area contributed by atoms with Gasteiger partial charge in [-0.2, -0.15) is 4.31 Å². The van der Waals surface area contributed by atoms with E-state index in [1.54, 1.807) is 12.1 Å². The predicted octanol–water partition coefficient (Wildman–Crippen LogP) is -0.282. The lowest BCUT2D eigenvalue weighted by Crippen LogP contribution is -2.59. The molecule has 0 aliphatic carbocycles. The van der Waals surface area contributed by atoms with Gasteiger partial charge in [0.05, 0.1) is 23.8 Å². The van der Waals surface area contributed by atoms with Gasteiger partial charge >= 0.3 is 5.97 Å². The Morgan fingerprint density at radius 1 is 1.00 bits per heavy atom. The van der Waals surface area contributed by atoms with Gasteiger partial charge in [0.1, 0.15) is 24.1 Å². The Morgan fingerprint density at radius 2 is 1.68 bits per heavy atom. The van der Waals surface area contributed by atoms with Crippen molar-refractivity contribution in [2.45, 2.75) is 42.1 Å². The molecule has 3 aromatic carbocycles. The summed E-state index contributed by atoms with van der Waals surface area (Å²) in [5, 5.41) is 46.5. The van der Waals surface area contributed by atoms with Crippen molar-refractivity contribution in [1.29, 1.82) is 0 Å². The maximum Gasteiger partial charge on any atom is 0.335 e. The highest BCUT2D eigenvalue weighted by Crippen LogP contribution is 2.39.